The number of hydrogen-bond donors (Lipinski definition) is 1. The lowest BCUT2D eigenvalue weighted by Gasteiger charge is -2.20. The van der Waals surface area contributed by atoms with Crippen LogP contribution in [0.4, 0.5) is 14.9 Å². The van der Waals surface area contributed by atoms with E-state index in [1.807, 2.05) is 0 Å². The molecule has 0 spiro atoms. The molecule has 1 N–H and O–H groups in total. The highest BCUT2D eigenvalue weighted by molar-refractivity contribution is 7.91. The molecular formula is C18H19FN4O5S. The highest BCUT2D eigenvalue weighted by Crippen LogP contribution is 2.31. The fraction of sp³-hybridized carbons (Fsp3) is 0.389. The van der Waals surface area contributed by atoms with Gasteiger partial charge in [-0.3, -0.25) is 4.90 Å². The second kappa shape index (κ2) is 7.56. The molecule has 9 nitrogen and oxygen atoms in total. The number of anilines is 1. The molecule has 0 bridgehead atoms. The standard InChI is InChI=1S/C18H19FN4O5S/c19-15-9-13(1-2-14(15)12-3-7-29(26,27)8-4-12)22-10-17(28-18(22)25)16(11-24)23-6-5-20-21-23/h1-3,5-6,9,16-17,24H,4,7-8,10-11H2. The van der Waals surface area contributed by atoms with Gasteiger partial charge in [-0.15, -0.1) is 5.10 Å². The van der Waals surface area contributed by atoms with E-state index in [1.54, 1.807) is 12.3 Å². The van der Waals surface area contributed by atoms with Crippen molar-refractivity contribution in [2.45, 2.75) is 18.6 Å². The summed E-state index contributed by atoms with van der Waals surface area (Å²) in [5, 5.41) is 17.2. The van der Waals surface area contributed by atoms with Crippen LogP contribution in [0, 0.1) is 5.82 Å². The largest absolute Gasteiger partial charge is 0.442 e. The van der Waals surface area contributed by atoms with Crippen molar-refractivity contribution in [2.24, 2.45) is 0 Å². The first-order valence-electron chi connectivity index (χ1n) is 9.02. The van der Waals surface area contributed by atoms with Gasteiger partial charge >= 0.3 is 6.09 Å². The van der Waals surface area contributed by atoms with E-state index in [-0.39, 0.29) is 31.1 Å². The molecule has 2 aromatic rings. The Balaban J connectivity index is 1.54. The number of benzene rings is 1. The number of aliphatic hydroxyl groups is 1. The summed E-state index contributed by atoms with van der Waals surface area (Å²) in [6, 6.07) is 3.75. The van der Waals surface area contributed by atoms with Gasteiger partial charge in [-0.25, -0.2) is 22.3 Å². The number of ether oxygens (including phenoxy) is 1. The van der Waals surface area contributed by atoms with Crippen LogP contribution in [-0.4, -0.2) is 65.4 Å². The zero-order chi connectivity index (χ0) is 20.6. The third kappa shape index (κ3) is 3.87. The minimum absolute atomic E-state index is 0.00894. The Labute approximate surface area is 166 Å². The first kappa shape index (κ1) is 19.5. The Kier molecular flexibility index (Phi) is 5.09. The lowest BCUT2D eigenvalue weighted by molar-refractivity contribution is 0.0734. The fourth-order valence-corrected chi connectivity index (χ4v) is 4.67. The van der Waals surface area contributed by atoms with Gasteiger partial charge in [-0.05, 0) is 30.2 Å². The van der Waals surface area contributed by atoms with Crippen molar-refractivity contribution in [3.05, 3.63) is 48.0 Å². The summed E-state index contributed by atoms with van der Waals surface area (Å²) in [6.45, 7) is -0.191. The molecule has 11 heteroatoms. The fourth-order valence-electron chi connectivity index (χ4n) is 3.52. The number of aromatic nitrogens is 3. The van der Waals surface area contributed by atoms with Crippen LogP contribution in [0.3, 0.4) is 0 Å². The van der Waals surface area contributed by atoms with Crippen LogP contribution in [0.25, 0.3) is 5.57 Å². The van der Waals surface area contributed by atoms with Crippen molar-refractivity contribution in [3.8, 4) is 0 Å². The molecule has 2 aliphatic rings. The van der Waals surface area contributed by atoms with E-state index in [1.165, 1.54) is 34.0 Å². The van der Waals surface area contributed by atoms with Crippen LogP contribution in [0.2, 0.25) is 0 Å². The highest BCUT2D eigenvalue weighted by atomic mass is 32.2. The van der Waals surface area contributed by atoms with Gasteiger partial charge in [0.05, 0.1) is 36.5 Å². The number of nitrogens with zero attached hydrogens (tertiary/aromatic N) is 4. The van der Waals surface area contributed by atoms with Gasteiger partial charge in [0.2, 0.25) is 0 Å². The molecule has 4 rings (SSSR count). The van der Waals surface area contributed by atoms with Crippen LogP contribution in [0.15, 0.2) is 36.7 Å². The van der Waals surface area contributed by atoms with E-state index in [9.17, 15) is 22.7 Å². The Morgan fingerprint density at radius 3 is 2.83 bits per heavy atom. The second-order valence-electron chi connectivity index (χ2n) is 6.92. The van der Waals surface area contributed by atoms with E-state index in [0.29, 0.717) is 16.8 Å². The monoisotopic (exact) mass is 422 g/mol. The lowest BCUT2D eigenvalue weighted by Crippen LogP contribution is -2.32. The zero-order valence-electron chi connectivity index (χ0n) is 15.3. The third-order valence-corrected chi connectivity index (χ3v) is 6.61. The minimum atomic E-state index is -3.10. The van der Waals surface area contributed by atoms with Crippen molar-refractivity contribution in [1.29, 1.82) is 0 Å². The average Bonchev–Trinajstić information content (AvgIpc) is 3.33. The molecule has 3 heterocycles. The third-order valence-electron chi connectivity index (χ3n) is 5.11. The Hall–Kier alpha value is -2.79. The van der Waals surface area contributed by atoms with Crippen molar-refractivity contribution in [2.75, 3.05) is 29.6 Å². The van der Waals surface area contributed by atoms with Crippen molar-refractivity contribution in [1.82, 2.24) is 15.0 Å². The number of carbonyl (C=O) groups excluding carboxylic acids is 1. The second-order valence-corrected chi connectivity index (χ2v) is 9.15. The van der Waals surface area contributed by atoms with Crippen molar-refractivity contribution in [3.63, 3.8) is 0 Å². The quantitative estimate of drug-likeness (QED) is 0.769. The van der Waals surface area contributed by atoms with Gasteiger partial charge in [0.15, 0.2) is 9.84 Å². The molecule has 0 aliphatic carbocycles. The number of cyclic esters (lactones) is 1. The number of allylic oxidation sites excluding steroid dienone is 1. The average molecular weight is 422 g/mol. The van der Waals surface area contributed by atoms with Crippen LogP contribution >= 0.6 is 0 Å². The minimum Gasteiger partial charge on any atom is -0.442 e. The predicted molar refractivity (Wildman–Crippen MR) is 101 cm³/mol. The number of amides is 1. The van der Waals surface area contributed by atoms with Crippen LogP contribution < -0.4 is 4.90 Å². The zero-order valence-corrected chi connectivity index (χ0v) is 16.1. The normalized spacial score (nSPS) is 22.3. The van der Waals surface area contributed by atoms with Gasteiger partial charge in [0, 0.05) is 11.8 Å². The summed E-state index contributed by atoms with van der Waals surface area (Å²) in [6.07, 6.45) is 3.47. The maximum absolute atomic E-state index is 14.7. The molecule has 1 fully saturated rings. The summed E-state index contributed by atoms with van der Waals surface area (Å²) in [5.74, 6) is -0.654. The maximum atomic E-state index is 14.7. The molecule has 2 aliphatic heterocycles. The first-order valence-corrected chi connectivity index (χ1v) is 10.8. The lowest BCUT2D eigenvalue weighted by atomic mass is 10.0. The molecular weight excluding hydrogens is 403 g/mol. The molecule has 29 heavy (non-hydrogen) atoms. The molecule has 1 aromatic carbocycles. The number of carbonyl (C=O) groups is 1. The van der Waals surface area contributed by atoms with Crippen LogP contribution in [-0.2, 0) is 14.6 Å². The van der Waals surface area contributed by atoms with E-state index < -0.39 is 33.9 Å². The summed E-state index contributed by atoms with van der Waals surface area (Å²) in [5.41, 5.74) is 1.28. The first-order chi connectivity index (χ1) is 13.9. The van der Waals surface area contributed by atoms with Crippen molar-refractivity contribution < 1.29 is 27.4 Å². The molecule has 1 amide bonds. The van der Waals surface area contributed by atoms with Crippen molar-refractivity contribution >= 4 is 27.2 Å². The number of halogens is 1. The molecule has 2 unspecified atom stereocenters. The number of sulfone groups is 1. The summed E-state index contributed by atoms with van der Waals surface area (Å²) in [4.78, 5) is 13.6. The summed E-state index contributed by atoms with van der Waals surface area (Å²) in [7, 11) is -3.10. The molecule has 1 saturated heterocycles. The molecule has 2 atom stereocenters. The number of hydrogen-bond acceptors (Lipinski definition) is 7. The smallest absolute Gasteiger partial charge is 0.414 e. The predicted octanol–water partition coefficient (Wildman–Crippen LogP) is 1.18. The highest BCUT2D eigenvalue weighted by Gasteiger charge is 2.38. The Bertz CT molecular complexity index is 1050. The van der Waals surface area contributed by atoms with Gasteiger partial charge in [0.1, 0.15) is 18.0 Å². The molecule has 154 valence electrons. The summed E-state index contributed by atoms with van der Waals surface area (Å²) < 4.78 is 44.6. The Morgan fingerprint density at radius 1 is 1.38 bits per heavy atom. The van der Waals surface area contributed by atoms with Gasteiger partial charge < -0.3 is 9.84 Å². The molecule has 0 radical (unpaired) electrons. The number of rotatable bonds is 5. The Morgan fingerprint density at radius 2 is 2.21 bits per heavy atom. The van der Waals surface area contributed by atoms with E-state index in [4.69, 9.17) is 4.74 Å². The molecule has 1 aromatic heterocycles. The van der Waals surface area contributed by atoms with E-state index >= 15 is 0 Å². The number of aliphatic hydroxyl groups excluding tert-OH is 1. The van der Waals surface area contributed by atoms with E-state index in [0.717, 1.165) is 0 Å². The van der Waals surface area contributed by atoms with Gasteiger partial charge in [-0.1, -0.05) is 11.3 Å². The SMILES string of the molecule is O=C1OC(C(CO)n2ccnn2)CN1c1ccc(C2=CCS(=O)(=O)CC2)c(F)c1. The van der Waals surface area contributed by atoms with Gasteiger partial charge in [-0.2, -0.15) is 0 Å². The van der Waals surface area contributed by atoms with Crippen LogP contribution in [0.5, 0.6) is 0 Å². The maximum Gasteiger partial charge on any atom is 0.414 e. The van der Waals surface area contributed by atoms with Crippen LogP contribution in [0.1, 0.15) is 18.0 Å². The van der Waals surface area contributed by atoms with Gasteiger partial charge in [0.25, 0.3) is 0 Å². The topological polar surface area (TPSA) is 115 Å². The summed E-state index contributed by atoms with van der Waals surface area (Å²) >= 11 is 0. The molecule has 0 saturated carbocycles. The van der Waals surface area contributed by atoms with E-state index in [2.05, 4.69) is 10.3 Å².